The van der Waals surface area contributed by atoms with Crippen molar-refractivity contribution in [3.63, 3.8) is 0 Å². The molecule has 1 aromatic carbocycles. The molecule has 2 amide bonds. The molecule has 0 aromatic heterocycles. The molecule has 0 atom stereocenters. The summed E-state index contributed by atoms with van der Waals surface area (Å²) >= 11 is 0. The minimum atomic E-state index is -0.586. The number of hydrogen-bond donors (Lipinski definition) is 0. The normalized spacial score (nSPS) is 15.8. The van der Waals surface area contributed by atoms with Crippen LogP contribution in [0, 0.1) is 6.92 Å². The Labute approximate surface area is 124 Å². The predicted octanol–water partition coefficient (Wildman–Crippen LogP) is 1.26. The van der Waals surface area contributed by atoms with Gasteiger partial charge in [-0.1, -0.05) is 24.3 Å². The van der Waals surface area contributed by atoms with Crippen molar-refractivity contribution in [1.82, 2.24) is 9.80 Å². The lowest BCUT2D eigenvalue weighted by Gasteiger charge is -2.35. The SMILES string of the molecule is Cc1ccccc1C(=O)CN1CCN(C(C)C)C(=O)C1=O. The Morgan fingerprint density at radius 2 is 1.81 bits per heavy atom. The number of benzene rings is 1. The number of nitrogens with zero attached hydrogens (tertiary/aromatic N) is 2. The van der Waals surface area contributed by atoms with E-state index in [1.54, 1.807) is 12.1 Å². The maximum Gasteiger partial charge on any atom is 0.312 e. The first-order valence-electron chi connectivity index (χ1n) is 7.10. The molecule has 1 aromatic rings. The predicted molar refractivity (Wildman–Crippen MR) is 78.9 cm³/mol. The van der Waals surface area contributed by atoms with Crippen molar-refractivity contribution < 1.29 is 14.4 Å². The van der Waals surface area contributed by atoms with E-state index in [4.69, 9.17) is 0 Å². The number of aryl methyl sites for hydroxylation is 1. The summed E-state index contributed by atoms with van der Waals surface area (Å²) in [6, 6.07) is 7.26. The lowest BCUT2D eigenvalue weighted by atomic mass is 10.0. The van der Waals surface area contributed by atoms with Crippen LogP contribution in [0.25, 0.3) is 0 Å². The van der Waals surface area contributed by atoms with E-state index in [2.05, 4.69) is 0 Å². The molecule has 1 aliphatic heterocycles. The molecule has 112 valence electrons. The number of piperazine rings is 1. The standard InChI is InChI=1S/C16H20N2O3/c1-11(2)18-9-8-17(15(20)16(18)21)10-14(19)13-7-5-4-6-12(13)3/h4-7,11H,8-10H2,1-3H3. The van der Waals surface area contributed by atoms with Crippen LogP contribution in [0.1, 0.15) is 29.8 Å². The van der Waals surface area contributed by atoms with Crippen molar-refractivity contribution in [3.05, 3.63) is 35.4 Å². The molecule has 0 saturated carbocycles. The number of Topliss-reactive ketones (excluding diaryl/α,β-unsaturated/α-hetero) is 1. The monoisotopic (exact) mass is 288 g/mol. The van der Waals surface area contributed by atoms with E-state index >= 15 is 0 Å². The molecule has 1 aliphatic rings. The van der Waals surface area contributed by atoms with Gasteiger partial charge in [-0.2, -0.15) is 0 Å². The summed E-state index contributed by atoms with van der Waals surface area (Å²) in [7, 11) is 0. The first-order valence-corrected chi connectivity index (χ1v) is 7.10. The average molecular weight is 288 g/mol. The van der Waals surface area contributed by atoms with E-state index in [-0.39, 0.29) is 18.4 Å². The van der Waals surface area contributed by atoms with Crippen LogP contribution in [0.15, 0.2) is 24.3 Å². The molecule has 5 heteroatoms. The summed E-state index contributed by atoms with van der Waals surface area (Å²) in [4.78, 5) is 39.2. The van der Waals surface area contributed by atoms with Crippen molar-refractivity contribution in [2.24, 2.45) is 0 Å². The van der Waals surface area contributed by atoms with Gasteiger partial charge >= 0.3 is 11.8 Å². The summed E-state index contributed by atoms with van der Waals surface area (Å²) in [6.07, 6.45) is 0. The maximum atomic E-state index is 12.3. The van der Waals surface area contributed by atoms with E-state index in [1.807, 2.05) is 32.9 Å². The maximum absolute atomic E-state index is 12.3. The Kier molecular flexibility index (Phi) is 4.40. The van der Waals surface area contributed by atoms with Crippen molar-refractivity contribution in [2.45, 2.75) is 26.8 Å². The number of carbonyl (C=O) groups excluding carboxylic acids is 3. The van der Waals surface area contributed by atoms with Gasteiger partial charge in [0.25, 0.3) is 0 Å². The van der Waals surface area contributed by atoms with Gasteiger partial charge in [0, 0.05) is 24.7 Å². The number of ketones is 1. The van der Waals surface area contributed by atoms with E-state index in [1.165, 1.54) is 9.80 Å². The zero-order valence-corrected chi connectivity index (χ0v) is 12.6. The Morgan fingerprint density at radius 1 is 1.14 bits per heavy atom. The summed E-state index contributed by atoms with van der Waals surface area (Å²) in [6.45, 7) is 6.45. The first-order chi connectivity index (χ1) is 9.91. The lowest BCUT2D eigenvalue weighted by Crippen LogP contribution is -2.57. The molecule has 0 aliphatic carbocycles. The summed E-state index contributed by atoms with van der Waals surface area (Å²) < 4.78 is 0. The average Bonchev–Trinajstić information content (AvgIpc) is 2.44. The van der Waals surface area contributed by atoms with Gasteiger partial charge in [0.2, 0.25) is 0 Å². The second kappa shape index (κ2) is 6.08. The lowest BCUT2D eigenvalue weighted by molar-refractivity contribution is -0.156. The fourth-order valence-electron chi connectivity index (χ4n) is 2.48. The molecule has 0 unspecified atom stereocenters. The minimum absolute atomic E-state index is 0.00401. The number of rotatable bonds is 4. The molecular weight excluding hydrogens is 268 g/mol. The van der Waals surface area contributed by atoms with Gasteiger partial charge in [-0.15, -0.1) is 0 Å². The Morgan fingerprint density at radius 3 is 2.43 bits per heavy atom. The first kappa shape index (κ1) is 15.2. The van der Waals surface area contributed by atoms with Crippen LogP contribution in [0.3, 0.4) is 0 Å². The van der Waals surface area contributed by atoms with Gasteiger partial charge in [0.05, 0.1) is 6.54 Å². The largest absolute Gasteiger partial charge is 0.330 e. The van der Waals surface area contributed by atoms with Gasteiger partial charge in [-0.25, -0.2) is 0 Å². The molecule has 5 nitrogen and oxygen atoms in total. The molecule has 1 fully saturated rings. The summed E-state index contributed by atoms with van der Waals surface area (Å²) in [5.74, 6) is -1.24. The quantitative estimate of drug-likeness (QED) is 0.619. The van der Waals surface area contributed by atoms with Crippen LogP contribution in [0.5, 0.6) is 0 Å². The highest BCUT2D eigenvalue weighted by Crippen LogP contribution is 2.12. The molecule has 21 heavy (non-hydrogen) atoms. The topological polar surface area (TPSA) is 57.7 Å². The molecule has 2 rings (SSSR count). The van der Waals surface area contributed by atoms with Gasteiger partial charge in [0.1, 0.15) is 0 Å². The van der Waals surface area contributed by atoms with Gasteiger partial charge in [0.15, 0.2) is 5.78 Å². The number of hydrogen-bond acceptors (Lipinski definition) is 3. The Balaban J connectivity index is 2.08. The number of carbonyl (C=O) groups is 3. The van der Waals surface area contributed by atoms with E-state index < -0.39 is 11.8 Å². The van der Waals surface area contributed by atoms with Crippen molar-refractivity contribution >= 4 is 17.6 Å². The molecule has 1 heterocycles. The highest BCUT2D eigenvalue weighted by Gasteiger charge is 2.34. The van der Waals surface area contributed by atoms with E-state index in [9.17, 15) is 14.4 Å². The fourth-order valence-corrected chi connectivity index (χ4v) is 2.48. The third kappa shape index (κ3) is 3.12. The highest BCUT2D eigenvalue weighted by molar-refractivity contribution is 6.35. The van der Waals surface area contributed by atoms with Gasteiger partial charge in [-0.05, 0) is 26.3 Å². The third-order valence-corrected chi connectivity index (χ3v) is 3.75. The molecule has 0 N–H and O–H groups in total. The Hall–Kier alpha value is -2.17. The third-order valence-electron chi connectivity index (χ3n) is 3.75. The Bertz CT molecular complexity index is 581. The van der Waals surface area contributed by atoms with Gasteiger partial charge in [-0.3, -0.25) is 14.4 Å². The molecule has 1 saturated heterocycles. The van der Waals surface area contributed by atoms with Gasteiger partial charge < -0.3 is 9.80 Å². The van der Waals surface area contributed by atoms with Crippen LogP contribution in [0.4, 0.5) is 0 Å². The zero-order valence-electron chi connectivity index (χ0n) is 12.6. The highest BCUT2D eigenvalue weighted by atomic mass is 16.2. The molecule has 0 bridgehead atoms. The van der Waals surface area contributed by atoms with Crippen LogP contribution in [-0.4, -0.2) is 53.1 Å². The van der Waals surface area contributed by atoms with Crippen LogP contribution in [0.2, 0.25) is 0 Å². The van der Waals surface area contributed by atoms with E-state index in [0.29, 0.717) is 18.7 Å². The summed E-state index contributed by atoms with van der Waals surface area (Å²) in [5, 5.41) is 0. The molecule has 0 spiro atoms. The zero-order chi connectivity index (χ0) is 15.6. The van der Waals surface area contributed by atoms with Crippen LogP contribution >= 0.6 is 0 Å². The van der Waals surface area contributed by atoms with Crippen LogP contribution in [-0.2, 0) is 9.59 Å². The van der Waals surface area contributed by atoms with Crippen molar-refractivity contribution in [2.75, 3.05) is 19.6 Å². The second-order valence-electron chi connectivity index (χ2n) is 5.56. The van der Waals surface area contributed by atoms with Crippen LogP contribution < -0.4 is 0 Å². The summed E-state index contributed by atoms with van der Waals surface area (Å²) in [5.41, 5.74) is 1.48. The van der Waals surface area contributed by atoms with Crippen molar-refractivity contribution in [1.29, 1.82) is 0 Å². The molecule has 0 radical (unpaired) electrons. The molecular formula is C16H20N2O3. The minimum Gasteiger partial charge on any atom is -0.330 e. The number of amides is 2. The fraction of sp³-hybridized carbons (Fsp3) is 0.438. The smallest absolute Gasteiger partial charge is 0.312 e. The van der Waals surface area contributed by atoms with E-state index in [0.717, 1.165) is 5.56 Å². The second-order valence-corrected chi connectivity index (χ2v) is 5.56. The van der Waals surface area contributed by atoms with Crippen molar-refractivity contribution in [3.8, 4) is 0 Å².